The van der Waals surface area contributed by atoms with Crippen LogP contribution in [0.4, 0.5) is 11.4 Å². The summed E-state index contributed by atoms with van der Waals surface area (Å²) in [4.78, 5) is 23.5. The van der Waals surface area contributed by atoms with Crippen molar-refractivity contribution in [2.45, 2.75) is 20.3 Å². The Labute approximate surface area is 140 Å². The van der Waals surface area contributed by atoms with Gasteiger partial charge in [-0.2, -0.15) is 0 Å². The molecule has 2 atom stereocenters. The van der Waals surface area contributed by atoms with Gasteiger partial charge in [-0.25, -0.2) is 8.42 Å². The lowest BCUT2D eigenvalue weighted by Gasteiger charge is -2.16. The molecule has 1 aromatic carbocycles. The van der Waals surface area contributed by atoms with E-state index in [-0.39, 0.29) is 5.91 Å². The number of rotatable bonds is 4. The van der Waals surface area contributed by atoms with Gasteiger partial charge in [0.15, 0.2) is 0 Å². The average molecular weight is 352 g/mol. The Kier molecular flexibility index (Phi) is 3.63. The van der Waals surface area contributed by atoms with E-state index >= 15 is 0 Å². The second kappa shape index (κ2) is 5.20. The van der Waals surface area contributed by atoms with Crippen LogP contribution >= 0.6 is 0 Å². The van der Waals surface area contributed by atoms with Crippen LogP contribution in [0.3, 0.4) is 0 Å². The van der Waals surface area contributed by atoms with E-state index in [1.807, 2.05) is 0 Å². The van der Waals surface area contributed by atoms with E-state index in [1.165, 1.54) is 10.6 Å². The molecule has 0 spiro atoms. The van der Waals surface area contributed by atoms with Gasteiger partial charge in [0.05, 0.1) is 23.8 Å². The van der Waals surface area contributed by atoms with Gasteiger partial charge in [0.1, 0.15) is 0 Å². The summed E-state index contributed by atoms with van der Waals surface area (Å²) in [5, 5.41) is 11.9. The van der Waals surface area contributed by atoms with Crippen LogP contribution in [0.1, 0.15) is 19.4 Å². The highest BCUT2D eigenvalue weighted by Crippen LogP contribution is 2.58. The zero-order valence-electron chi connectivity index (χ0n) is 13.7. The lowest BCUT2D eigenvalue weighted by atomic mass is 10.1. The summed E-state index contributed by atoms with van der Waals surface area (Å²) in [5.74, 6) is -2.51. The SMILES string of the molecule is CC1(C)[C@@H](C(=O)O)[C@@H]1C(=O)Nc1ccc2c(c1)CCN2S(C)(=O)=O. The molecule has 0 radical (unpaired) electrons. The van der Waals surface area contributed by atoms with Gasteiger partial charge in [-0.05, 0) is 35.6 Å². The first-order valence-corrected chi connectivity index (χ1v) is 9.52. The monoisotopic (exact) mass is 352 g/mol. The fourth-order valence-corrected chi connectivity index (χ4v) is 4.56. The number of carbonyl (C=O) groups is 2. The fourth-order valence-electron chi connectivity index (χ4n) is 3.60. The van der Waals surface area contributed by atoms with Gasteiger partial charge in [-0.3, -0.25) is 13.9 Å². The first kappa shape index (κ1) is 16.8. The first-order valence-electron chi connectivity index (χ1n) is 7.68. The molecule has 1 saturated carbocycles. The molecule has 1 aliphatic carbocycles. The number of amides is 1. The van der Waals surface area contributed by atoms with E-state index in [9.17, 15) is 18.0 Å². The molecule has 7 nitrogen and oxygen atoms in total. The molecule has 0 aromatic heterocycles. The molecule has 2 aliphatic rings. The molecule has 1 heterocycles. The highest BCUT2D eigenvalue weighted by Gasteiger charge is 2.65. The number of carboxylic acid groups (broad SMARTS) is 1. The van der Waals surface area contributed by atoms with E-state index in [2.05, 4.69) is 5.32 Å². The summed E-state index contributed by atoms with van der Waals surface area (Å²) in [7, 11) is -3.31. The third kappa shape index (κ3) is 2.64. The summed E-state index contributed by atoms with van der Waals surface area (Å²) in [6.45, 7) is 3.92. The molecule has 1 aliphatic heterocycles. The van der Waals surface area contributed by atoms with Crippen molar-refractivity contribution < 1.29 is 23.1 Å². The smallest absolute Gasteiger partial charge is 0.307 e. The van der Waals surface area contributed by atoms with Gasteiger partial charge in [0.25, 0.3) is 0 Å². The molecule has 130 valence electrons. The standard InChI is InChI=1S/C16H20N2O5S/c1-16(2)12(13(16)15(20)21)14(19)17-10-4-5-11-9(8-10)6-7-18(11)24(3,22)23/h4-5,8,12-13H,6-7H2,1-3H3,(H,17,19)(H,20,21)/t12-,13-/m1/s1. The number of nitrogens with zero attached hydrogens (tertiary/aromatic N) is 1. The van der Waals surface area contributed by atoms with Crippen LogP contribution < -0.4 is 9.62 Å². The van der Waals surface area contributed by atoms with Crippen molar-refractivity contribution in [1.82, 2.24) is 0 Å². The summed E-state index contributed by atoms with van der Waals surface area (Å²) >= 11 is 0. The van der Waals surface area contributed by atoms with Crippen LogP contribution in [-0.4, -0.2) is 38.2 Å². The lowest BCUT2D eigenvalue weighted by Crippen LogP contribution is -2.27. The van der Waals surface area contributed by atoms with Crippen LogP contribution in [0.25, 0.3) is 0 Å². The summed E-state index contributed by atoms with van der Waals surface area (Å²) in [5.41, 5.74) is 1.48. The van der Waals surface area contributed by atoms with E-state index in [1.54, 1.807) is 32.0 Å². The first-order chi connectivity index (χ1) is 11.0. The zero-order chi connectivity index (χ0) is 17.9. The number of anilines is 2. The number of sulfonamides is 1. The summed E-state index contributed by atoms with van der Waals surface area (Å²) in [6, 6.07) is 5.07. The number of carboxylic acids is 1. The Morgan fingerprint density at radius 2 is 1.96 bits per heavy atom. The van der Waals surface area contributed by atoms with Gasteiger partial charge in [0.2, 0.25) is 15.9 Å². The highest BCUT2D eigenvalue weighted by molar-refractivity contribution is 7.92. The second-order valence-corrected chi connectivity index (χ2v) is 8.94. The zero-order valence-corrected chi connectivity index (χ0v) is 14.6. The third-order valence-corrected chi connectivity index (χ3v) is 6.16. The highest BCUT2D eigenvalue weighted by atomic mass is 32.2. The normalized spacial score (nSPS) is 24.4. The van der Waals surface area contributed by atoms with Crippen molar-refractivity contribution >= 4 is 33.3 Å². The molecule has 1 amide bonds. The quantitative estimate of drug-likeness (QED) is 0.850. The number of benzene rings is 1. The number of hydrogen-bond donors (Lipinski definition) is 2. The predicted octanol–water partition coefficient (Wildman–Crippen LogP) is 1.30. The van der Waals surface area contributed by atoms with Crippen molar-refractivity contribution in [3.8, 4) is 0 Å². The minimum Gasteiger partial charge on any atom is -0.481 e. The topological polar surface area (TPSA) is 104 Å². The summed E-state index contributed by atoms with van der Waals surface area (Å²) in [6.07, 6.45) is 1.75. The molecule has 1 aromatic rings. The maximum Gasteiger partial charge on any atom is 0.307 e. The van der Waals surface area contributed by atoms with Crippen molar-refractivity contribution in [3.05, 3.63) is 23.8 Å². The third-order valence-electron chi connectivity index (χ3n) is 4.98. The molecular formula is C16H20N2O5S. The maximum atomic E-state index is 12.3. The van der Waals surface area contributed by atoms with E-state index < -0.39 is 33.2 Å². The Morgan fingerprint density at radius 1 is 1.29 bits per heavy atom. The second-order valence-electron chi connectivity index (χ2n) is 7.03. The van der Waals surface area contributed by atoms with Crippen LogP contribution in [0.5, 0.6) is 0 Å². The number of aliphatic carboxylic acids is 1. The Bertz CT molecular complexity index is 831. The number of hydrogen-bond acceptors (Lipinski definition) is 4. The molecule has 3 rings (SSSR count). The number of fused-ring (bicyclic) bond motifs is 1. The van der Waals surface area contributed by atoms with Crippen molar-refractivity contribution in [2.75, 3.05) is 22.4 Å². The molecule has 8 heteroatoms. The van der Waals surface area contributed by atoms with Crippen LogP contribution in [0.2, 0.25) is 0 Å². The van der Waals surface area contributed by atoms with Gasteiger partial charge in [0, 0.05) is 12.2 Å². The minimum absolute atomic E-state index is 0.315. The van der Waals surface area contributed by atoms with Gasteiger partial charge in [-0.15, -0.1) is 0 Å². The van der Waals surface area contributed by atoms with Crippen molar-refractivity contribution in [3.63, 3.8) is 0 Å². The average Bonchev–Trinajstić information content (AvgIpc) is 2.82. The Morgan fingerprint density at radius 3 is 2.50 bits per heavy atom. The molecular weight excluding hydrogens is 332 g/mol. The van der Waals surface area contributed by atoms with Crippen molar-refractivity contribution in [2.24, 2.45) is 17.3 Å². The molecule has 0 saturated heterocycles. The van der Waals surface area contributed by atoms with Gasteiger partial charge >= 0.3 is 5.97 Å². The minimum atomic E-state index is -3.31. The van der Waals surface area contributed by atoms with Gasteiger partial charge < -0.3 is 10.4 Å². The Balaban J connectivity index is 1.77. The van der Waals surface area contributed by atoms with Gasteiger partial charge in [-0.1, -0.05) is 13.8 Å². The van der Waals surface area contributed by atoms with Crippen molar-refractivity contribution in [1.29, 1.82) is 0 Å². The molecule has 2 N–H and O–H groups in total. The van der Waals surface area contributed by atoms with E-state index in [0.717, 1.165) is 5.56 Å². The van der Waals surface area contributed by atoms with E-state index in [0.29, 0.717) is 24.3 Å². The number of carbonyl (C=O) groups excluding carboxylic acids is 1. The molecule has 0 unspecified atom stereocenters. The van der Waals surface area contributed by atoms with Crippen LogP contribution in [-0.2, 0) is 26.0 Å². The summed E-state index contributed by atoms with van der Waals surface area (Å²) < 4.78 is 24.8. The van der Waals surface area contributed by atoms with Crippen LogP contribution in [0.15, 0.2) is 18.2 Å². The van der Waals surface area contributed by atoms with Crippen LogP contribution in [0, 0.1) is 17.3 Å². The molecule has 0 bridgehead atoms. The number of nitrogens with one attached hydrogen (secondary N) is 1. The fraction of sp³-hybridized carbons (Fsp3) is 0.500. The predicted molar refractivity (Wildman–Crippen MR) is 89.4 cm³/mol. The molecule has 1 fully saturated rings. The molecule has 24 heavy (non-hydrogen) atoms. The van der Waals surface area contributed by atoms with E-state index in [4.69, 9.17) is 5.11 Å². The maximum absolute atomic E-state index is 12.3. The largest absolute Gasteiger partial charge is 0.481 e. The lowest BCUT2D eigenvalue weighted by molar-refractivity contribution is -0.140. The Hall–Kier alpha value is -2.09.